The second-order valence-electron chi connectivity index (χ2n) is 4.26. The summed E-state index contributed by atoms with van der Waals surface area (Å²) in [5, 5.41) is 0. The van der Waals surface area contributed by atoms with E-state index in [1.807, 2.05) is 0 Å². The largest absolute Gasteiger partial charge is 0.215 e. The second kappa shape index (κ2) is 3.58. The molecule has 0 amide bonds. The van der Waals surface area contributed by atoms with Gasteiger partial charge in [-0.15, -0.1) is 0 Å². The van der Waals surface area contributed by atoms with Crippen LogP contribution in [0.5, 0.6) is 0 Å². The highest BCUT2D eigenvalue weighted by Gasteiger charge is 2.30. The normalized spacial score (nSPS) is 39.1. The van der Waals surface area contributed by atoms with Gasteiger partial charge in [0, 0.05) is 6.54 Å². The first-order valence-corrected chi connectivity index (χ1v) is 6.80. The Balaban J connectivity index is 2.07. The zero-order valence-corrected chi connectivity index (χ0v) is 8.65. The SMILES string of the molecule is O=S1(=O)CC[C@@H]2CCCC[C@H]2CN1. The molecule has 13 heavy (non-hydrogen) atoms. The highest BCUT2D eigenvalue weighted by molar-refractivity contribution is 7.89. The third-order valence-corrected chi connectivity index (χ3v) is 4.77. The lowest BCUT2D eigenvalue weighted by Gasteiger charge is -2.28. The molecule has 0 aromatic heterocycles. The molecule has 1 heterocycles. The highest BCUT2D eigenvalue weighted by atomic mass is 32.2. The van der Waals surface area contributed by atoms with Crippen LogP contribution in [0.25, 0.3) is 0 Å². The van der Waals surface area contributed by atoms with Crippen LogP contribution in [0.2, 0.25) is 0 Å². The molecule has 0 bridgehead atoms. The summed E-state index contributed by atoms with van der Waals surface area (Å²) < 4.78 is 25.3. The molecule has 1 aliphatic heterocycles. The Bertz CT molecular complexity index is 251. The van der Waals surface area contributed by atoms with Gasteiger partial charge in [0.05, 0.1) is 5.75 Å². The standard InChI is InChI=1S/C9H17NO2S/c11-13(12)6-5-8-3-1-2-4-9(8)7-10-13/h8-10H,1-7H2/t8-,9-/m0/s1. The minimum atomic E-state index is -2.93. The molecular weight excluding hydrogens is 186 g/mol. The Kier molecular flexibility index (Phi) is 2.60. The van der Waals surface area contributed by atoms with Crippen molar-refractivity contribution in [3.63, 3.8) is 0 Å². The Morgan fingerprint density at radius 2 is 1.69 bits per heavy atom. The minimum absolute atomic E-state index is 0.341. The Labute approximate surface area is 80.0 Å². The Morgan fingerprint density at radius 1 is 1.00 bits per heavy atom. The molecule has 0 unspecified atom stereocenters. The molecule has 0 aromatic rings. The number of hydrogen-bond donors (Lipinski definition) is 1. The molecule has 76 valence electrons. The second-order valence-corrected chi connectivity index (χ2v) is 6.19. The van der Waals surface area contributed by atoms with Gasteiger partial charge in [0.25, 0.3) is 0 Å². The van der Waals surface area contributed by atoms with Crippen LogP contribution >= 0.6 is 0 Å². The van der Waals surface area contributed by atoms with E-state index < -0.39 is 10.0 Å². The lowest BCUT2D eigenvalue weighted by atomic mass is 9.78. The molecule has 1 aliphatic carbocycles. The van der Waals surface area contributed by atoms with E-state index in [1.165, 1.54) is 25.7 Å². The van der Waals surface area contributed by atoms with Gasteiger partial charge < -0.3 is 0 Å². The van der Waals surface area contributed by atoms with Gasteiger partial charge in [0.2, 0.25) is 10.0 Å². The summed E-state index contributed by atoms with van der Waals surface area (Å²) in [7, 11) is -2.93. The summed E-state index contributed by atoms with van der Waals surface area (Å²) in [4.78, 5) is 0. The monoisotopic (exact) mass is 203 g/mol. The number of sulfonamides is 1. The zero-order valence-electron chi connectivity index (χ0n) is 7.83. The van der Waals surface area contributed by atoms with Crippen LogP contribution in [0, 0.1) is 11.8 Å². The van der Waals surface area contributed by atoms with E-state index in [2.05, 4.69) is 4.72 Å². The summed E-state index contributed by atoms with van der Waals surface area (Å²) in [6, 6.07) is 0. The molecule has 2 rings (SSSR count). The molecule has 3 nitrogen and oxygen atoms in total. The third-order valence-electron chi connectivity index (χ3n) is 3.39. The molecule has 1 N–H and O–H groups in total. The fourth-order valence-electron chi connectivity index (χ4n) is 2.55. The molecule has 1 saturated heterocycles. The molecular formula is C9H17NO2S. The molecule has 2 atom stereocenters. The first kappa shape index (κ1) is 9.46. The van der Waals surface area contributed by atoms with Gasteiger partial charge >= 0.3 is 0 Å². The van der Waals surface area contributed by atoms with Crippen molar-refractivity contribution >= 4 is 10.0 Å². The van der Waals surface area contributed by atoms with Gasteiger partial charge in [0.1, 0.15) is 0 Å². The van der Waals surface area contributed by atoms with E-state index >= 15 is 0 Å². The van der Waals surface area contributed by atoms with Crippen LogP contribution in [-0.2, 0) is 10.0 Å². The molecule has 0 aromatic carbocycles. The molecule has 0 spiro atoms. The molecule has 2 fully saturated rings. The number of rotatable bonds is 0. The van der Waals surface area contributed by atoms with Crippen LogP contribution in [-0.4, -0.2) is 20.7 Å². The van der Waals surface area contributed by atoms with Crippen molar-refractivity contribution in [3.05, 3.63) is 0 Å². The van der Waals surface area contributed by atoms with Crippen molar-refractivity contribution in [3.8, 4) is 0 Å². The van der Waals surface area contributed by atoms with Crippen LogP contribution in [0.1, 0.15) is 32.1 Å². The van der Waals surface area contributed by atoms with Gasteiger partial charge in [-0.2, -0.15) is 0 Å². The average Bonchev–Trinajstić information content (AvgIpc) is 2.27. The van der Waals surface area contributed by atoms with Gasteiger partial charge in [0.15, 0.2) is 0 Å². The van der Waals surface area contributed by atoms with Gasteiger partial charge in [-0.05, 0) is 24.7 Å². The van der Waals surface area contributed by atoms with Crippen molar-refractivity contribution in [2.24, 2.45) is 11.8 Å². The zero-order chi connectivity index (χ0) is 9.31. The molecule has 1 saturated carbocycles. The van der Waals surface area contributed by atoms with Crippen LogP contribution in [0.15, 0.2) is 0 Å². The van der Waals surface area contributed by atoms with Crippen molar-refractivity contribution in [2.45, 2.75) is 32.1 Å². The molecule has 0 radical (unpaired) electrons. The van der Waals surface area contributed by atoms with E-state index in [1.54, 1.807) is 0 Å². The smallest absolute Gasteiger partial charge is 0.211 e. The lowest BCUT2D eigenvalue weighted by molar-refractivity contribution is 0.239. The quantitative estimate of drug-likeness (QED) is 0.641. The first-order valence-electron chi connectivity index (χ1n) is 5.15. The van der Waals surface area contributed by atoms with E-state index in [4.69, 9.17) is 0 Å². The predicted octanol–water partition coefficient (Wildman–Crippen LogP) is 1.12. The number of fused-ring (bicyclic) bond motifs is 1. The molecule has 4 heteroatoms. The maximum atomic E-state index is 11.3. The summed E-state index contributed by atoms with van der Waals surface area (Å²) in [5.41, 5.74) is 0. The summed E-state index contributed by atoms with van der Waals surface area (Å²) in [6.07, 6.45) is 5.90. The predicted molar refractivity (Wildman–Crippen MR) is 51.9 cm³/mol. The number of hydrogen-bond acceptors (Lipinski definition) is 2. The Morgan fingerprint density at radius 3 is 2.46 bits per heavy atom. The average molecular weight is 203 g/mol. The third kappa shape index (κ3) is 2.23. The van der Waals surface area contributed by atoms with E-state index in [0.29, 0.717) is 24.1 Å². The Hall–Kier alpha value is -0.0900. The maximum absolute atomic E-state index is 11.3. The van der Waals surface area contributed by atoms with E-state index in [9.17, 15) is 8.42 Å². The number of nitrogens with one attached hydrogen (secondary N) is 1. The van der Waals surface area contributed by atoms with Crippen molar-refractivity contribution < 1.29 is 8.42 Å². The fourth-order valence-corrected chi connectivity index (χ4v) is 3.77. The van der Waals surface area contributed by atoms with Gasteiger partial charge in [-0.3, -0.25) is 0 Å². The topological polar surface area (TPSA) is 46.2 Å². The molecule has 2 aliphatic rings. The minimum Gasteiger partial charge on any atom is -0.215 e. The highest BCUT2D eigenvalue weighted by Crippen LogP contribution is 2.33. The fraction of sp³-hybridized carbons (Fsp3) is 1.00. The van der Waals surface area contributed by atoms with Crippen molar-refractivity contribution in [2.75, 3.05) is 12.3 Å². The van der Waals surface area contributed by atoms with E-state index in [0.717, 1.165) is 6.42 Å². The summed E-state index contributed by atoms with van der Waals surface area (Å²) >= 11 is 0. The van der Waals surface area contributed by atoms with Crippen LogP contribution < -0.4 is 4.72 Å². The lowest BCUT2D eigenvalue weighted by Crippen LogP contribution is -2.29. The summed E-state index contributed by atoms with van der Waals surface area (Å²) in [5.74, 6) is 1.62. The van der Waals surface area contributed by atoms with Crippen LogP contribution in [0.4, 0.5) is 0 Å². The van der Waals surface area contributed by atoms with Crippen molar-refractivity contribution in [1.82, 2.24) is 4.72 Å². The van der Waals surface area contributed by atoms with Gasteiger partial charge in [-0.25, -0.2) is 13.1 Å². The maximum Gasteiger partial charge on any atom is 0.211 e. The van der Waals surface area contributed by atoms with Crippen LogP contribution in [0.3, 0.4) is 0 Å². The van der Waals surface area contributed by atoms with Gasteiger partial charge in [-0.1, -0.05) is 19.3 Å². The summed E-state index contributed by atoms with van der Waals surface area (Å²) in [6.45, 7) is 0.688. The first-order chi connectivity index (χ1) is 6.17. The van der Waals surface area contributed by atoms with Crippen molar-refractivity contribution in [1.29, 1.82) is 0 Å². The van der Waals surface area contributed by atoms with E-state index in [-0.39, 0.29) is 0 Å².